The van der Waals surface area contributed by atoms with Gasteiger partial charge in [0.1, 0.15) is 0 Å². The number of halogens is 2. The number of carbonyl (C=O) groups excluding carboxylic acids is 1. The molecule has 1 unspecified atom stereocenters. The molecule has 0 saturated heterocycles. The molecule has 0 spiro atoms. The van der Waals surface area contributed by atoms with Crippen molar-refractivity contribution < 1.29 is 4.79 Å². The number of carbonyl (C=O) groups is 1. The third kappa shape index (κ3) is 3.81. The fourth-order valence-corrected chi connectivity index (χ4v) is 3.07. The van der Waals surface area contributed by atoms with Crippen molar-refractivity contribution >= 4 is 29.0 Å². The molecular formula is C19H14Cl2N2O. The molecule has 24 heavy (non-hydrogen) atoms. The molecule has 0 radical (unpaired) electrons. The Kier molecular flexibility index (Phi) is 5.24. The Bertz CT molecular complexity index is 839. The molecule has 1 atom stereocenters. The van der Waals surface area contributed by atoms with Crippen molar-refractivity contribution in [3.63, 3.8) is 0 Å². The molecule has 0 amide bonds. The summed E-state index contributed by atoms with van der Waals surface area (Å²) in [6, 6.07) is 16.3. The van der Waals surface area contributed by atoms with Gasteiger partial charge in [-0.05, 0) is 35.7 Å². The first kappa shape index (κ1) is 16.6. The van der Waals surface area contributed by atoms with Gasteiger partial charge in [-0.3, -0.25) is 4.79 Å². The van der Waals surface area contributed by atoms with E-state index in [4.69, 9.17) is 23.2 Å². The van der Waals surface area contributed by atoms with Crippen molar-refractivity contribution in [2.24, 2.45) is 0 Å². The highest BCUT2D eigenvalue weighted by atomic mass is 35.5. The Balaban J connectivity index is 1.98. The van der Waals surface area contributed by atoms with Gasteiger partial charge < -0.3 is 0 Å². The number of ketones is 1. The highest BCUT2D eigenvalue weighted by Crippen LogP contribution is 2.29. The Morgan fingerprint density at radius 2 is 1.79 bits per heavy atom. The largest absolute Gasteiger partial charge is 0.293 e. The zero-order valence-electron chi connectivity index (χ0n) is 12.7. The summed E-state index contributed by atoms with van der Waals surface area (Å²) in [5, 5.41) is 8.82. The topological polar surface area (TPSA) is 42.9 Å². The maximum absolute atomic E-state index is 13.0. The van der Waals surface area contributed by atoms with E-state index in [0.29, 0.717) is 22.0 Å². The maximum atomic E-state index is 13.0. The lowest BCUT2D eigenvalue weighted by atomic mass is 9.86. The summed E-state index contributed by atoms with van der Waals surface area (Å²) >= 11 is 12.2. The summed E-state index contributed by atoms with van der Waals surface area (Å²) in [7, 11) is 0. The van der Waals surface area contributed by atoms with Gasteiger partial charge in [0.15, 0.2) is 5.78 Å². The van der Waals surface area contributed by atoms with Gasteiger partial charge in [0.05, 0.1) is 12.1 Å². The molecule has 0 N–H and O–H groups in total. The van der Waals surface area contributed by atoms with E-state index in [0.717, 1.165) is 11.1 Å². The molecule has 0 bridgehead atoms. The lowest BCUT2D eigenvalue weighted by Crippen LogP contribution is -2.16. The number of nitrogens with zero attached hydrogens (tertiary/aromatic N) is 2. The predicted molar refractivity (Wildman–Crippen MR) is 95.7 cm³/mol. The second kappa shape index (κ2) is 7.56. The summed E-state index contributed by atoms with van der Waals surface area (Å²) in [6.07, 6.45) is 3.68. The molecule has 0 aliphatic carbocycles. The van der Waals surface area contributed by atoms with Gasteiger partial charge in [-0.2, -0.15) is 10.2 Å². The van der Waals surface area contributed by atoms with Crippen LogP contribution in [0.4, 0.5) is 0 Å². The van der Waals surface area contributed by atoms with Gasteiger partial charge in [0, 0.05) is 21.8 Å². The van der Waals surface area contributed by atoms with Crippen molar-refractivity contribution in [1.29, 1.82) is 0 Å². The van der Waals surface area contributed by atoms with Crippen LogP contribution in [0.3, 0.4) is 0 Å². The van der Waals surface area contributed by atoms with Gasteiger partial charge in [-0.15, -0.1) is 0 Å². The van der Waals surface area contributed by atoms with E-state index in [1.807, 2.05) is 42.5 Å². The smallest absolute Gasteiger partial charge is 0.170 e. The monoisotopic (exact) mass is 356 g/mol. The highest BCUT2D eigenvalue weighted by molar-refractivity contribution is 6.35. The van der Waals surface area contributed by atoms with E-state index >= 15 is 0 Å². The summed E-state index contributed by atoms with van der Waals surface area (Å²) < 4.78 is 0. The van der Waals surface area contributed by atoms with Crippen LogP contribution in [0, 0.1) is 0 Å². The minimum atomic E-state index is -0.387. The van der Waals surface area contributed by atoms with Crippen LogP contribution in [-0.4, -0.2) is 16.0 Å². The van der Waals surface area contributed by atoms with E-state index in [2.05, 4.69) is 10.2 Å². The third-order valence-electron chi connectivity index (χ3n) is 3.82. The average molecular weight is 357 g/mol. The van der Waals surface area contributed by atoms with Crippen LogP contribution in [0.25, 0.3) is 0 Å². The van der Waals surface area contributed by atoms with E-state index in [-0.39, 0.29) is 11.7 Å². The van der Waals surface area contributed by atoms with Gasteiger partial charge in [-0.1, -0.05) is 59.6 Å². The van der Waals surface area contributed by atoms with Crippen LogP contribution in [0.5, 0.6) is 0 Å². The number of benzene rings is 2. The Hall–Kier alpha value is -2.23. The zero-order valence-corrected chi connectivity index (χ0v) is 14.2. The Morgan fingerprint density at radius 1 is 1.00 bits per heavy atom. The molecule has 3 rings (SSSR count). The second-order valence-electron chi connectivity index (χ2n) is 5.40. The van der Waals surface area contributed by atoms with Crippen molar-refractivity contribution in [3.8, 4) is 0 Å². The SMILES string of the molecule is O=C(c1ccccc1)C(Cc1ccc(Cl)cc1Cl)c1ccnnc1. The number of aromatic nitrogens is 2. The third-order valence-corrected chi connectivity index (χ3v) is 4.41. The first-order valence-electron chi connectivity index (χ1n) is 7.45. The molecule has 3 nitrogen and oxygen atoms in total. The molecule has 5 heteroatoms. The van der Waals surface area contributed by atoms with Crippen molar-refractivity contribution in [1.82, 2.24) is 10.2 Å². The van der Waals surface area contributed by atoms with Gasteiger partial charge in [0.2, 0.25) is 0 Å². The van der Waals surface area contributed by atoms with Gasteiger partial charge in [-0.25, -0.2) is 0 Å². The molecule has 2 aromatic carbocycles. The Morgan fingerprint density at radius 3 is 2.46 bits per heavy atom. The normalized spacial score (nSPS) is 11.9. The number of hydrogen-bond acceptors (Lipinski definition) is 3. The molecule has 1 aromatic heterocycles. The van der Waals surface area contributed by atoms with Crippen LogP contribution in [-0.2, 0) is 6.42 Å². The molecule has 0 fully saturated rings. The average Bonchev–Trinajstić information content (AvgIpc) is 2.62. The predicted octanol–water partition coefficient (Wildman–Crippen LogP) is 4.99. The minimum absolute atomic E-state index is 0.0228. The van der Waals surface area contributed by atoms with Crippen molar-refractivity contribution in [2.75, 3.05) is 0 Å². The fraction of sp³-hybridized carbons (Fsp3) is 0.105. The van der Waals surface area contributed by atoms with Crippen LogP contribution in [0.15, 0.2) is 67.0 Å². The molecular weight excluding hydrogens is 343 g/mol. The van der Waals surface area contributed by atoms with Crippen LogP contribution in [0.1, 0.15) is 27.4 Å². The number of rotatable bonds is 5. The van der Waals surface area contributed by atoms with Crippen LogP contribution in [0.2, 0.25) is 10.0 Å². The lowest BCUT2D eigenvalue weighted by molar-refractivity contribution is 0.0958. The Labute approximate surface area is 150 Å². The molecule has 120 valence electrons. The van der Waals surface area contributed by atoms with Gasteiger partial charge >= 0.3 is 0 Å². The fourth-order valence-electron chi connectivity index (χ4n) is 2.58. The highest BCUT2D eigenvalue weighted by Gasteiger charge is 2.23. The number of Topliss-reactive ketones (excluding diaryl/α,β-unsaturated/α-hetero) is 1. The molecule has 0 aliphatic rings. The molecule has 3 aromatic rings. The van der Waals surface area contributed by atoms with E-state index in [1.165, 1.54) is 0 Å². The first-order valence-corrected chi connectivity index (χ1v) is 8.20. The molecule has 0 aliphatic heterocycles. The first-order chi connectivity index (χ1) is 11.6. The van der Waals surface area contributed by atoms with Crippen molar-refractivity contribution in [2.45, 2.75) is 12.3 Å². The maximum Gasteiger partial charge on any atom is 0.170 e. The summed E-state index contributed by atoms with van der Waals surface area (Å²) in [4.78, 5) is 13.0. The quantitative estimate of drug-likeness (QED) is 0.604. The summed E-state index contributed by atoms with van der Waals surface area (Å²) in [6.45, 7) is 0. The van der Waals surface area contributed by atoms with Crippen molar-refractivity contribution in [3.05, 3.63) is 93.7 Å². The summed E-state index contributed by atoms with van der Waals surface area (Å²) in [5.41, 5.74) is 2.33. The zero-order chi connectivity index (χ0) is 16.9. The lowest BCUT2D eigenvalue weighted by Gasteiger charge is -2.17. The van der Waals surface area contributed by atoms with E-state index < -0.39 is 0 Å². The molecule has 1 heterocycles. The standard InChI is InChI=1S/C19H14Cl2N2O/c20-16-7-6-14(18(21)11-16)10-17(15-8-9-22-23-12-15)19(24)13-4-2-1-3-5-13/h1-9,11-12,17H,10H2. The molecule has 0 saturated carbocycles. The van der Waals surface area contributed by atoms with E-state index in [9.17, 15) is 4.79 Å². The number of hydrogen-bond donors (Lipinski definition) is 0. The minimum Gasteiger partial charge on any atom is -0.293 e. The van der Waals surface area contributed by atoms with Gasteiger partial charge in [0.25, 0.3) is 0 Å². The second-order valence-corrected chi connectivity index (χ2v) is 6.24. The van der Waals surface area contributed by atoms with E-state index in [1.54, 1.807) is 24.5 Å². The summed E-state index contributed by atoms with van der Waals surface area (Å²) in [5.74, 6) is -0.365. The van der Waals surface area contributed by atoms with Crippen LogP contribution >= 0.6 is 23.2 Å². The van der Waals surface area contributed by atoms with Crippen LogP contribution < -0.4 is 0 Å².